The highest BCUT2D eigenvalue weighted by atomic mass is 16.7. The first kappa shape index (κ1) is 13.7. The standard InChI is InChI=1S/C14H26O2/c1-3-12-15-13(2)16-14-10-8-6-4-5-7-9-11-14/h3,13-14H,1,4-12H2,2H3. The molecule has 1 atom stereocenters. The Morgan fingerprint density at radius 3 is 2.25 bits per heavy atom. The third-order valence-corrected chi connectivity index (χ3v) is 3.14. The van der Waals surface area contributed by atoms with E-state index < -0.39 is 0 Å². The van der Waals surface area contributed by atoms with Gasteiger partial charge in [-0.3, -0.25) is 0 Å². The Labute approximate surface area is 100 Å². The van der Waals surface area contributed by atoms with E-state index in [4.69, 9.17) is 9.47 Å². The van der Waals surface area contributed by atoms with E-state index in [0.717, 1.165) is 0 Å². The molecule has 1 aliphatic carbocycles. The first-order chi connectivity index (χ1) is 7.83. The summed E-state index contributed by atoms with van der Waals surface area (Å²) in [6.45, 7) is 6.20. The van der Waals surface area contributed by atoms with Crippen molar-refractivity contribution in [3.05, 3.63) is 12.7 Å². The molecule has 0 aromatic rings. The molecule has 0 saturated heterocycles. The molecule has 0 spiro atoms. The maximum absolute atomic E-state index is 5.91. The minimum atomic E-state index is -0.0937. The van der Waals surface area contributed by atoms with E-state index in [2.05, 4.69) is 6.58 Å². The average Bonchev–Trinajstić information content (AvgIpc) is 2.40. The molecule has 0 amide bonds. The van der Waals surface area contributed by atoms with Gasteiger partial charge in [-0.15, -0.1) is 6.58 Å². The van der Waals surface area contributed by atoms with Crippen molar-refractivity contribution < 1.29 is 9.47 Å². The van der Waals surface area contributed by atoms with E-state index in [9.17, 15) is 0 Å². The number of rotatable bonds is 5. The van der Waals surface area contributed by atoms with Crippen molar-refractivity contribution in [2.75, 3.05) is 6.61 Å². The van der Waals surface area contributed by atoms with Crippen LogP contribution in [0.5, 0.6) is 0 Å². The van der Waals surface area contributed by atoms with Crippen LogP contribution in [0, 0.1) is 0 Å². The van der Waals surface area contributed by atoms with Crippen LogP contribution in [0.3, 0.4) is 0 Å². The number of ether oxygens (including phenoxy) is 2. The predicted octanol–water partition coefficient (Wildman–Crippen LogP) is 4.05. The largest absolute Gasteiger partial charge is 0.350 e. The van der Waals surface area contributed by atoms with Crippen LogP contribution in [-0.2, 0) is 9.47 Å². The smallest absolute Gasteiger partial charge is 0.155 e. The molecule has 0 bridgehead atoms. The van der Waals surface area contributed by atoms with Crippen LogP contribution in [-0.4, -0.2) is 19.0 Å². The van der Waals surface area contributed by atoms with Gasteiger partial charge in [0, 0.05) is 0 Å². The van der Waals surface area contributed by atoms with Crippen LogP contribution >= 0.6 is 0 Å². The zero-order valence-corrected chi connectivity index (χ0v) is 10.6. The minimum Gasteiger partial charge on any atom is -0.350 e. The van der Waals surface area contributed by atoms with Gasteiger partial charge in [-0.25, -0.2) is 0 Å². The van der Waals surface area contributed by atoms with E-state index in [1.54, 1.807) is 6.08 Å². The highest BCUT2D eigenvalue weighted by molar-refractivity contribution is 4.65. The van der Waals surface area contributed by atoms with Gasteiger partial charge in [0.15, 0.2) is 6.29 Å². The molecule has 94 valence electrons. The molecule has 0 aliphatic heterocycles. The summed E-state index contributed by atoms with van der Waals surface area (Å²) in [7, 11) is 0. The van der Waals surface area contributed by atoms with Crippen molar-refractivity contribution in [3.8, 4) is 0 Å². The van der Waals surface area contributed by atoms with Crippen LogP contribution in [0.2, 0.25) is 0 Å². The fourth-order valence-electron chi connectivity index (χ4n) is 2.25. The Morgan fingerprint density at radius 1 is 1.12 bits per heavy atom. The Kier molecular flexibility index (Phi) is 7.52. The van der Waals surface area contributed by atoms with Gasteiger partial charge in [0.05, 0.1) is 12.7 Å². The fourth-order valence-corrected chi connectivity index (χ4v) is 2.25. The molecule has 1 unspecified atom stereocenters. The van der Waals surface area contributed by atoms with Crippen LogP contribution < -0.4 is 0 Å². The van der Waals surface area contributed by atoms with E-state index >= 15 is 0 Å². The molecule has 1 aliphatic rings. The molecular formula is C14H26O2. The van der Waals surface area contributed by atoms with E-state index in [0.29, 0.717) is 12.7 Å². The lowest BCUT2D eigenvalue weighted by Crippen LogP contribution is -2.22. The van der Waals surface area contributed by atoms with Gasteiger partial charge in [0.25, 0.3) is 0 Å². The van der Waals surface area contributed by atoms with Gasteiger partial charge in [0.1, 0.15) is 0 Å². The minimum absolute atomic E-state index is 0.0937. The first-order valence-corrected chi connectivity index (χ1v) is 6.71. The van der Waals surface area contributed by atoms with Gasteiger partial charge in [-0.1, -0.05) is 44.6 Å². The molecule has 0 aromatic carbocycles. The molecule has 1 fully saturated rings. The van der Waals surface area contributed by atoms with Crippen LogP contribution in [0.4, 0.5) is 0 Å². The van der Waals surface area contributed by atoms with Gasteiger partial charge in [-0.05, 0) is 19.8 Å². The third-order valence-electron chi connectivity index (χ3n) is 3.14. The second-order valence-electron chi connectivity index (χ2n) is 4.65. The maximum atomic E-state index is 5.91. The topological polar surface area (TPSA) is 18.5 Å². The lowest BCUT2D eigenvalue weighted by Gasteiger charge is -2.21. The molecule has 1 saturated carbocycles. The summed E-state index contributed by atoms with van der Waals surface area (Å²) < 4.78 is 11.4. The number of hydrogen-bond donors (Lipinski definition) is 0. The molecule has 2 heteroatoms. The third kappa shape index (κ3) is 6.29. The van der Waals surface area contributed by atoms with Gasteiger partial charge in [-0.2, -0.15) is 0 Å². The monoisotopic (exact) mass is 226 g/mol. The maximum Gasteiger partial charge on any atom is 0.155 e. The van der Waals surface area contributed by atoms with E-state index in [1.165, 1.54) is 51.4 Å². The summed E-state index contributed by atoms with van der Waals surface area (Å²) >= 11 is 0. The first-order valence-electron chi connectivity index (χ1n) is 6.71. The second kappa shape index (κ2) is 8.77. The Morgan fingerprint density at radius 2 is 1.69 bits per heavy atom. The van der Waals surface area contributed by atoms with Crippen LogP contribution in [0.15, 0.2) is 12.7 Å². The molecule has 0 N–H and O–H groups in total. The summed E-state index contributed by atoms with van der Waals surface area (Å²) in [4.78, 5) is 0. The van der Waals surface area contributed by atoms with Crippen LogP contribution in [0.25, 0.3) is 0 Å². The highest BCUT2D eigenvalue weighted by Crippen LogP contribution is 2.20. The summed E-state index contributed by atoms with van der Waals surface area (Å²) in [5.74, 6) is 0. The van der Waals surface area contributed by atoms with Crippen molar-refractivity contribution in [3.63, 3.8) is 0 Å². The zero-order chi connectivity index (χ0) is 11.6. The molecule has 0 aromatic heterocycles. The molecule has 0 radical (unpaired) electrons. The number of hydrogen-bond acceptors (Lipinski definition) is 2. The lowest BCUT2D eigenvalue weighted by molar-refractivity contribution is -0.157. The molecule has 1 rings (SSSR count). The molecule has 16 heavy (non-hydrogen) atoms. The normalized spacial score (nSPS) is 21.8. The van der Waals surface area contributed by atoms with Gasteiger partial charge < -0.3 is 9.47 Å². The average molecular weight is 226 g/mol. The summed E-state index contributed by atoms with van der Waals surface area (Å²) in [6.07, 6.45) is 12.6. The lowest BCUT2D eigenvalue weighted by atomic mass is 10.1. The van der Waals surface area contributed by atoms with Crippen molar-refractivity contribution in [2.24, 2.45) is 0 Å². The summed E-state index contributed by atoms with van der Waals surface area (Å²) in [6, 6.07) is 0. The molecular weight excluding hydrogens is 200 g/mol. The predicted molar refractivity (Wildman–Crippen MR) is 67.4 cm³/mol. The van der Waals surface area contributed by atoms with Crippen molar-refractivity contribution in [2.45, 2.75) is 70.7 Å². The van der Waals surface area contributed by atoms with Crippen molar-refractivity contribution in [1.29, 1.82) is 0 Å². The molecule has 0 heterocycles. The Balaban J connectivity index is 2.22. The fraction of sp³-hybridized carbons (Fsp3) is 0.857. The Hall–Kier alpha value is -0.340. The summed E-state index contributed by atoms with van der Waals surface area (Å²) in [5, 5.41) is 0. The zero-order valence-electron chi connectivity index (χ0n) is 10.6. The summed E-state index contributed by atoms with van der Waals surface area (Å²) in [5.41, 5.74) is 0. The van der Waals surface area contributed by atoms with Gasteiger partial charge >= 0.3 is 0 Å². The SMILES string of the molecule is C=CCOC(C)OC1CCCCCCCC1. The van der Waals surface area contributed by atoms with Gasteiger partial charge in [0.2, 0.25) is 0 Å². The highest BCUT2D eigenvalue weighted by Gasteiger charge is 2.14. The quantitative estimate of drug-likeness (QED) is 0.520. The second-order valence-corrected chi connectivity index (χ2v) is 4.65. The van der Waals surface area contributed by atoms with Crippen molar-refractivity contribution >= 4 is 0 Å². The van der Waals surface area contributed by atoms with E-state index in [1.807, 2.05) is 6.92 Å². The molecule has 2 nitrogen and oxygen atoms in total. The van der Waals surface area contributed by atoms with E-state index in [-0.39, 0.29) is 6.29 Å². The van der Waals surface area contributed by atoms with Crippen molar-refractivity contribution in [1.82, 2.24) is 0 Å². The Bertz CT molecular complexity index is 170. The van der Waals surface area contributed by atoms with Crippen LogP contribution in [0.1, 0.15) is 58.3 Å².